The van der Waals surface area contributed by atoms with Gasteiger partial charge in [0.05, 0.1) is 5.02 Å². The first-order valence-electron chi connectivity index (χ1n) is 7.92. The molecule has 5 nitrogen and oxygen atoms in total. The average molecular weight is 363 g/mol. The van der Waals surface area contributed by atoms with Gasteiger partial charge in [-0.3, -0.25) is 4.79 Å². The minimum atomic E-state index is -0.170. The zero-order chi connectivity index (χ0) is 16.9. The molecule has 1 fully saturated rings. The molecule has 2 atom stereocenters. The van der Waals surface area contributed by atoms with Gasteiger partial charge in [0.1, 0.15) is 5.03 Å². The van der Waals surface area contributed by atoms with E-state index < -0.39 is 0 Å². The highest BCUT2D eigenvalue weighted by atomic mass is 35.5. The van der Waals surface area contributed by atoms with Crippen LogP contribution in [-0.2, 0) is 0 Å². The number of amides is 1. The van der Waals surface area contributed by atoms with Gasteiger partial charge in [-0.05, 0) is 50.6 Å². The van der Waals surface area contributed by atoms with Gasteiger partial charge in [0, 0.05) is 17.0 Å². The van der Waals surface area contributed by atoms with Crippen molar-refractivity contribution in [2.45, 2.75) is 41.8 Å². The normalized spacial score (nSPS) is 20.6. The van der Waals surface area contributed by atoms with Gasteiger partial charge < -0.3 is 10.6 Å². The first-order valence-corrected chi connectivity index (χ1v) is 9.11. The summed E-state index contributed by atoms with van der Waals surface area (Å²) in [6, 6.07) is 11.7. The average Bonchev–Trinajstić information content (AvgIpc) is 2.57. The molecule has 0 spiro atoms. The number of carbonyl (C=O) groups excluding carboxylic acids is 1. The summed E-state index contributed by atoms with van der Waals surface area (Å²) in [7, 11) is 0. The van der Waals surface area contributed by atoms with Crippen molar-refractivity contribution in [2.24, 2.45) is 0 Å². The van der Waals surface area contributed by atoms with Crippen LogP contribution in [0.1, 0.15) is 30.3 Å². The molecule has 126 valence electrons. The molecule has 1 aliphatic heterocycles. The molecule has 2 unspecified atom stereocenters. The zero-order valence-corrected chi connectivity index (χ0v) is 14.9. The molecule has 0 bridgehead atoms. The van der Waals surface area contributed by atoms with Crippen LogP contribution in [0.4, 0.5) is 0 Å². The third-order valence-corrected chi connectivity index (χ3v) is 5.33. The van der Waals surface area contributed by atoms with Gasteiger partial charge in [-0.15, -0.1) is 10.2 Å². The first-order chi connectivity index (χ1) is 11.6. The second-order valence-electron chi connectivity index (χ2n) is 5.84. The Kier molecular flexibility index (Phi) is 5.71. The Morgan fingerprint density at radius 2 is 2.12 bits per heavy atom. The third kappa shape index (κ3) is 4.47. The van der Waals surface area contributed by atoms with Crippen molar-refractivity contribution in [1.29, 1.82) is 0 Å². The minimum Gasteiger partial charge on any atom is -0.348 e. The van der Waals surface area contributed by atoms with E-state index in [2.05, 4.69) is 27.8 Å². The van der Waals surface area contributed by atoms with Gasteiger partial charge >= 0.3 is 0 Å². The van der Waals surface area contributed by atoms with Crippen LogP contribution in [0.25, 0.3) is 0 Å². The molecule has 2 N–H and O–H groups in total. The van der Waals surface area contributed by atoms with Gasteiger partial charge in [0.15, 0.2) is 5.69 Å². The number of rotatable bonds is 4. The smallest absolute Gasteiger partial charge is 0.272 e. The maximum absolute atomic E-state index is 12.3. The van der Waals surface area contributed by atoms with Crippen LogP contribution in [0.3, 0.4) is 0 Å². The maximum Gasteiger partial charge on any atom is 0.272 e. The number of benzene rings is 1. The number of carbonyl (C=O) groups is 1. The molecule has 1 saturated heterocycles. The van der Waals surface area contributed by atoms with Crippen LogP contribution in [0.5, 0.6) is 0 Å². The van der Waals surface area contributed by atoms with E-state index in [0.29, 0.717) is 21.8 Å². The molecule has 0 saturated carbocycles. The predicted octanol–water partition coefficient (Wildman–Crippen LogP) is 3.15. The van der Waals surface area contributed by atoms with Crippen LogP contribution in [0.2, 0.25) is 5.02 Å². The standard InChI is InChI=1S/C17H19ClN4OS/c1-11-10-12(8-9-19-11)20-17(23)14-6-7-16(22-21-14)24-15-5-3-2-4-13(15)18/h2-7,11-12,19H,8-10H2,1H3,(H,20,23). The van der Waals surface area contributed by atoms with E-state index in [1.165, 1.54) is 11.8 Å². The summed E-state index contributed by atoms with van der Waals surface area (Å²) >= 11 is 7.56. The van der Waals surface area contributed by atoms with Gasteiger partial charge in [-0.1, -0.05) is 35.5 Å². The third-order valence-electron chi connectivity index (χ3n) is 3.88. The van der Waals surface area contributed by atoms with E-state index in [1.807, 2.05) is 24.3 Å². The summed E-state index contributed by atoms with van der Waals surface area (Å²) in [4.78, 5) is 13.2. The SMILES string of the molecule is CC1CC(NC(=O)c2ccc(Sc3ccccc3Cl)nn2)CCN1. The van der Waals surface area contributed by atoms with Crippen molar-refractivity contribution >= 4 is 29.3 Å². The highest BCUT2D eigenvalue weighted by Gasteiger charge is 2.21. The monoisotopic (exact) mass is 362 g/mol. The van der Waals surface area contributed by atoms with Crippen molar-refractivity contribution < 1.29 is 4.79 Å². The lowest BCUT2D eigenvalue weighted by Gasteiger charge is -2.28. The van der Waals surface area contributed by atoms with Gasteiger partial charge in [-0.2, -0.15) is 0 Å². The highest BCUT2D eigenvalue weighted by Crippen LogP contribution is 2.31. The Labute approximate surface area is 150 Å². The molecular weight excluding hydrogens is 344 g/mol. The van der Waals surface area contributed by atoms with E-state index >= 15 is 0 Å². The summed E-state index contributed by atoms with van der Waals surface area (Å²) in [5, 5.41) is 16.0. The Morgan fingerprint density at radius 3 is 2.83 bits per heavy atom. The number of hydrogen-bond donors (Lipinski definition) is 2. The molecule has 7 heteroatoms. The summed E-state index contributed by atoms with van der Waals surface area (Å²) < 4.78 is 0. The summed E-state index contributed by atoms with van der Waals surface area (Å²) in [5.41, 5.74) is 0.338. The summed E-state index contributed by atoms with van der Waals surface area (Å²) in [6.07, 6.45) is 1.86. The van der Waals surface area contributed by atoms with Crippen LogP contribution < -0.4 is 10.6 Å². The van der Waals surface area contributed by atoms with Crippen molar-refractivity contribution in [3.63, 3.8) is 0 Å². The summed E-state index contributed by atoms with van der Waals surface area (Å²) in [6.45, 7) is 3.05. The van der Waals surface area contributed by atoms with Crippen molar-refractivity contribution in [3.8, 4) is 0 Å². The van der Waals surface area contributed by atoms with Crippen LogP contribution in [0, 0.1) is 0 Å². The lowest BCUT2D eigenvalue weighted by atomic mass is 10.0. The first kappa shape index (κ1) is 17.2. The number of halogens is 1. The summed E-state index contributed by atoms with van der Waals surface area (Å²) in [5.74, 6) is -0.170. The number of hydrogen-bond acceptors (Lipinski definition) is 5. The Bertz CT molecular complexity index is 710. The second-order valence-corrected chi connectivity index (χ2v) is 7.31. The zero-order valence-electron chi connectivity index (χ0n) is 13.3. The number of aromatic nitrogens is 2. The lowest BCUT2D eigenvalue weighted by molar-refractivity contribution is 0.0919. The van der Waals surface area contributed by atoms with Crippen LogP contribution in [0.15, 0.2) is 46.3 Å². The molecule has 1 amide bonds. The fraction of sp³-hybridized carbons (Fsp3) is 0.353. The van der Waals surface area contributed by atoms with E-state index in [-0.39, 0.29) is 11.9 Å². The van der Waals surface area contributed by atoms with E-state index in [0.717, 1.165) is 24.3 Å². The van der Waals surface area contributed by atoms with Crippen LogP contribution >= 0.6 is 23.4 Å². The highest BCUT2D eigenvalue weighted by molar-refractivity contribution is 7.99. The Morgan fingerprint density at radius 1 is 1.29 bits per heavy atom. The van der Waals surface area contributed by atoms with Crippen LogP contribution in [-0.4, -0.2) is 34.7 Å². The quantitative estimate of drug-likeness (QED) is 0.874. The Balaban J connectivity index is 1.61. The van der Waals surface area contributed by atoms with E-state index in [9.17, 15) is 4.79 Å². The molecule has 24 heavy (non-hydrogen) atoms. The fourth-order valence-corrected chi connectivity index (χ4v) is 3.66. The van der Waals surface area contributed by atoms with Crippen molar-refractivity contribution in [1.82, 2.24) is 20.8 Å². The minimum absolute atomic E-state index is 0.170. The van der Waals surface area contributed by atoms with Gasteiger partial charge in [0.2, 0.25) is 0 Å². The molecule has 0 radical (unpaired) electrons. The van der Waals surface area contributed by atoms with Crippen molar-refractivity contribution in [2.75, 3.05) is 6.54 Å². The molecule has 2 aromatic rings. The van der Waals surface area contributed by atoms with Gasteiger partial charge in [0.25, 0.3) is 5.91 Å². The predicted molar refractivity (Wildman–Crippen MR) is 95.6 cm³/mol. The lowest BCUT2D eigenvalue weighted by Crippen LogP contribution is -2.46. The topological polar surface area (TPSA) is 66.9 Å². The molecule has 1 aliphatic rings. The molecule has 1 aromatic heterocycles. The van der Waals surface area contributed by atoms with E-state index in [1.54, 1.807) is 12.1 Å². The maximum atomic E-state index is 12.3. The molecule has 1 aromatic carbocycles. The molecular formula is C17H19ClN4OS. The largest absolute Gasteiger partial charge is 0.348 e. The molecule has 0 aliphatic carbocycles. The Hall–Kier alpha value is -1.63. The van der Waals surface area contributed by atoms with E-state index in [4.69, 9.17) is 11.6 Å². The number of nitrogens with one attached hydrogen (secondary N) is 2. The van der Waals surface area contributed by atoms with Crippen molar-refractivity contribution in [3.05, 3.63) is 47.1 Å². The second kappa shape index (κ2) is 7.96. The fourth-order valence-electron chi connectivity index (χ4n) is 2.66. The van der Waals surface area contributed by atoms with Gasteiger partial charge in [-0.25, -0.2) is 0 Å². The number of piperidine rings is 1. The molecule has 3 rings (SSSR count). The number of nitrogens with zero attached hydrogens (tertiary/aromatic N) is 2. The molecule has 2 heterocycles.